The van der Waals surface area contributed by atoms with Crippen molar-refractivity contribution < 1.29 is 24.7 Å². The van der Waals surface area contributed by atoms with E-state index >= 15 is 0 Å². The van der Waals surface area contributed by atoms with E-state index in [0.717, 1.165) is 5.56 Å². The molecular formula is C24H23N3O5. The number of nitrogens with one attached hydrogen (secondary N) is 1. The highest BCUT2D eigenvalue weighted by atomic mass is 16.5. The number of allylic oxidation sites excluding steroid dienone is 1. The number of hydrogen-bond acceptors (Lipinski definition) is 6. The molecule has 0 fully saturated rings. The van der Waals surface area contributed by atoms with Gasteiger partial charge in [-0.1, -0.05) is 44.2 Å². The average Bonchev–Trinajstić information content (AvgIpc) is 3.08. The quantitative estimate of drug-likeness (QED) is 0.476. The van der Waals surface area contributed by atoms with Crippen LogP contribution in [0.25, 0.3) is 0 Å². The number of carbonyl (C=O) groups excluding carboxylic acids is 2. The minimum absolute atomic E-state index is 0.00426. The number of fused-ring (bicyclic) bond motifs is 3. The van der Waals surface area contributed by atoms with Crippen LogP contribution in [0.5, 0.6) is 0 Å². The molecule has 32 heavy (non-hydrogen) atoms. The normalized spacial score (nSPS) is 16.6. The van der Waals surface area contributed by atoms with Gasteiger partial charge in [0.2, 0.25) is 0 Å². The third-order valence-electron chi connectivity index (χ3n) is 5.85. The minimum atomic E-state index is -1.12. The summed E-state index contributed by atoms with van der Waals surface area (Å²) < 4.78 is 0. The number of hydrogen-bond donors (Lipinski definition) is 3. The second-order valence-corrected chi connectivity index (χ2v) is 8.19. The van der Waals surface area contributed by atoms with Crippen LogP contribution in [-0.4, -0.2) is 34.2 Å². The number of anilines is 1. The van der Waals surface area contributed by atoms with Crippen LogP contribution >= 0.6 is 0 Å². The van der Waals surface area contributed by atoms with Gasteiger partial charge in [0.15, 0.2) is 5.78 Å². The van der Waals surface area contributed by atoms with Crippen LogP contribution < -0.4 is 10.4 Å². The monoisotopic (exact) mass is 433 g/mol. The Bertz CT molecular complexity index is 1160. The second kappa shape index (κ2) is 8.39. The molecule has 0 saturated heterocycles. The lowest BCUT2D eigenvalue weighted by Crippen LogP contribution is -2.26. The van der Waals surface area contributed by atoms with Gasteiger partial charge in [0.25, 0.3) is 5.91 Å². The van der Waals surface area contributed by atoms with E-state index in [4.69, 9.17) is 0 Å². The predicted octanol–water partition coefficient (Wildman–Crippen LogP) is 3.15. The van der Waals surface area contributed by atoms with Crippen molar-refractivity contribution in [2.45, 2.75) is 38.6 Å². The molecule has 2 aromatic rings. The molecule has 0 bridgehead atoms. The Labute approximate surface area is 184 Å². The smallest absolute Gasteiger partial charge is 0.307 e. The fraction of sp³-hybridized carbons (Fsp3) is 0.250. The lowest BCUT2D eigenvalue weighted by atomic mass is 9.86. The summed E-state index contributed by atoms with van der Waals surface area (Å²) in [5, 5.41) is 18.6. The molecule has 2 aliphatic heterocycles. The van der Waals surface area contributed by atoms with Gasteiger partial charge in [-0.3, -0.25) is 24.6 Å². The summed E-state index contributed by atoms with van der Waals surface area (Å²) in [4.78, 5) is 42.7. The van der Waals surface area contributed by atoms with Crippen molar-refractivity contribution in [3.63, 3.8) is 0 Å². The van der Waals surface area contributed by atoms with E-state index in [-0.39, 0.29) is 16.9 Å². The number of nitrogens with zero attached hydrogens (tertiary/aromatic N) is 2. The molecule has 1 amide bonds. The lowest BCUT2D eigenvalue weighted by Gasteiger charge is -2.23. The van der Waals surface area contributed by atoms with E-state index < -0.39 is 24.2 Å². The van der Waals surface area contributed by atoms with Crippen LogP contribution in [0.15, 0.2) is 53.3 Å². The van der Waals surface area contributed by atoms with E-state index in [1.165, 1.54) is 11.8 Å². The predicted molar refractivity (Wildman–Crippen MR) is 118 cm³/mol. The molecular weight excluding hydrogens is 410 g/mol. The molecule has 1 atom stereocenters. The number of amides is 1. The molecule has 0 aliphatic carbocycles. The topological polar surface area (TPSA) is 119 Å². The molecule has 3 N–H and O–H groups in total. The summed E-state index contributed by atoms with van der Waals surface area (Å²) >= 11 is 0. The van der Waals surface area contributed by atoms with Crippen LogP contribution in [0.3, 0.4) is 0 Å². The number of rotatable bonds is 6. The molecule has 0 radical (unpaired) electrons. The fourth-order valence-corrected chi connectivity index (χ4v) is 4.32. The number of carbonyl (C=O) groups is 3. The van der Waals surface area contributed by atoms with Gasteiger partial charge in [-0.25, -0.2) is 5.48 Å². The van der Waals surface area contributed by atoms with Crippen LogP contribution in [0.2, 0.25) is 0 Å². The summed E-state index contributed by atoms with van der Waals surface area (Å²) in [6, 6.07) is 11.4. The summed E-state index contributed by atoms with van der Waals surface area (Å²) in [7, 11) is 0. The maximum absolute atomic E-state index is 12.8. The molecule has 164 valence electrons. The van der Waals surface area contributed by atoms with E-state index in [1.54, 1.807) is 23.8 Å². The molecule has 0 saturated carbocycles. The van der Waals surface area contributed by atoms with Crippen molar-refractivity contribution >= 4 is 29.6 Å². The molecule has 8 nitrogen and oxygen atoms in total. The lowest BCUT2D eigenvalue weighted by molar-refractivity contribution is -0.136. The van der Waals surface area contributed by atoms with Gasteiger partial charge >= 0.3 is 5.97 Å². The third-order valence-corrected chi connectivity index (χ3v) is 5.85. The Morgan fingerprint density at radius 2 is 1.88 bits per heavy atom. The number of carboxylic acid groups (broad SMARTS) is 1. The molecule has 1 unspecified atom stereocenters. The highest BCUT2D eigenvalue weighted by Crippen LogP contribution is 2.48. The van der Waals surface area contributed by atoms with Gasteiger partial charge in [0.1, 0.15) is 0 Å². The Morgan fingerprint density at radius 1 is 1.16 bits per heavy atom. The van der Waals surface area contributed by atoms with Crippen molar-refractivity contribution in [2.24, 2.45) is 4.99 Å². The van der Waals surface area contributed by atoms with Crippen molar-refractivity contribution in [1.82, 2.24) is 5.48 Å². The number of aliphatic carboxylic acids is 1. The van der Waals surface area contributed by atoms with Crippen LogP contribution in [0.1, 0.15) is 58.3 Å². The number of benzene rings is 2. The van der Waals surface area contributed by atoms with E-state index in [2.05, 4.69) is 31.0 Å². The van der Waals surface area contributed by atoms with Gasteiger partial charge in [-0.15, -0.1) is 0 Å². The Hall–Kier alpha value is -3.78. The van der Waals surface area contributed by atoms with Crippen molar-refractivity contribution in [3.8, 4) is 0 Å². The van der Waals surface area contributed by atoms with E-state index in [9.17, 15) is 24.7 Å². The van der Waals surface area contributed by atoms with Crippen molar-refractivity contribution in [2.75, 3.05) is 4.90 Å². The van der Waals surface area contributed by atoms with Crippen LogP contribution in [-0.2, 0) is 22.6 Å². The minimum Gasteiger partial charge on any atom is -0.481 e. The van der Waals surface area contributed by atoms with Gasteiger partial charge in [-0.05, 0) is 28.7 Å². The molecule has 0 spiro atoms. The third kappa shape index (κ3) is 3.69. The standard InChI is InChI=1S/C24H23N3O5/c1-13(2)15-5-3-14(4-6-15)12-27-17-8-7-16(9-20(29)30)21(24(31)26-32)23(17)22-18(27)10-25-11-19(22)28/h3-8,10-11,13,22,32H,9,12H2,1-2H3,(H,26,31)(H,29,30). The maximum Gasteiger partial charge on any atom is 0.307 e. The second-order valence-electron chi connectivity index (χ2n) is 8.19. The van der Waals surface area contributed by atoms with Gasteiger partial charge in [-0.2, -0.15) is 0 Å². The fourth-order valence-electron chi connectivity index (χ4n) is 4.32. The molecule has 4 rings (SSSR count). The number of aliphatic imine (C=N–C) groups is 1. The number of ketones is 1. The summed E-state index contributed by atoms with van der Waals surface area (Å²) in [5.74, 6) is -2.67. The SMILES string of the molecule is CC(C)c1ccc(CN2C3=CN=CC(=O)C3c3c2ccc(CC(=O)O)c3C(=O)NO)cc1. The van der Waals surface area contributed by atoms with Crippen LogP contribution in [0.4, 0.5) is 5.69 Å². The first-order valence-corrected chi connectivity index (χ1v) is 10.3. The Balaban J connectivity index is 1.85. The number of carboxylic acids is 1. The van der Waals surface area contributed by atoms with Crippen molar-refractivity contribution in [1.29, 1.82) is 0 Å². The Kier molecular flexibility index (Phi) is 5.63. The Morgan fingerprint density at radius 3 is 2.50 bits per heavy atom. The summed E-state index contributed by atoms with van der Waals surface area (Å²) in [6.07, 6.45) is 2.37. The van der Waals surface area contributed by atoms with Crippen molar-refractivity contribution in [3.05, 3.63) is 76.1 Å². The first-order chi connectivity index (χ1) is 15.3. The number of Topliss-reactive ketones (excluding diaryl/α,β-unsaturated/α-hetero) is 1. The first-order valence-electron chi connectivity index (χ1n) is 10.3. The highest BCUT2D eigenvalue weighted by molar-refractivity contribution is 6.33. The molecule has 0 aromatic heterocycles. The highest BCUT2D eigenvalue weighted by Gasteiger charge is 2.42. The largest absolute Gasteiger partial charge is 0.481 e. The van der Waals surface area contributed by atoms with Gasteiger partial charge in [0.05, 0.1) is 29.8 Å². The molecule has 2 heterocycles. The summed E-state index contributed by atoms with van der Waals surface area (Å²) in [5.41, 5.74) is 5.66. The van der Waals surface area contributed by atoms with E-state index in [0.29, 0.717) is 29.4 Å². The maximum atomic E-state index is 12.8. The first kappa shape index (κ1) is 21.5. The molecule has 2 aromatic carbocycles. The zero-order valence-electron chi connectivity index (χ0n) is 17.7. The van der Waals surface area contributed by atoms with E-state index in [1.807, 2.05) is 17.0 Å². The zero-order chi connectivity index (χ0) is 23.0. The van der Waals surface area contributed by atoms with Gasteiger partial charge in [0, 0.05) is 24.0 Å². The molecule has 2 aliphatic rings. The summed E-state index contributed by atoms with van der Waals surface area (Å²) in [6.45, 7) is 4.68. The molecule has 8 heteroatoms. The zero-order valence-corrected chi connectivity index (χ0v) is 17.7. The van der Waals surface area contributed by atoms with Crippen LogP contribution in [0, 0.1) is 0 Å². The average molecular weight is 433 g/mol. The number of hydroxylamine groups is 1. The van der Waals surface area contributed by atoms with Gasteiger partial charge < -0.3 is 10.0 Å².